The number of carbonyl (C=O) groups excluding carboxylic acids is 1. The molecule has 1 aromatic carbocycles. The minimum Gasteiger partial charge on any atom is -0.467 e. The minimum atomic E-state index is -4.39. The van der Waals surface area contributed by atoms with E-state index in [0.717, 1.165) is 17.7 Å². The quantitative estimate of drug-likeness (QED) is 0.799. The molecule has 2 rings (SSSR count). The molecule has 0 radical (unpaired) electrons. The van der Waals surface area contributed by atoms with Crippen LogP contribution in [0.2, 0.25) is 0 Å². The summed E-state index contributed by atoms with van der Waals surface area (Å²) in [6.07, 6.45) is -3.38. The highest BCUT2D eigenvalue weighted by atomic mass is 19.4. The van der Waals surface area contributed by atoms with Crippen molar-refractivity contribution in [2.75, 3.05) is 12.4 Å². The van der Waals surface area contributed by atoms with Crippen molar-refractivity contribution < 1.29 is 22.7 Å². The van der Waals surface area contributed by atoms with Crippen LogP contribution < -0.4 is 5.32 Å². The molecule has 0 saturated carbocycles. The van der Waals surface area contributed by atoms with Gasteiger partial charge in [0.15, 0.2) is 0 Å². The summed E-state index contributed by atoms with van der Waals surface area (Å²) in [7, 11) is 1.26. The van der Waals surface area contributed by atoms with Gasteiger partial charge in [-0.25, -0.2) is 4.79 Å². The second-order valence-corrected chi connectivity index (χ2v) is 4.82. The van der Waals surface area contributed by atoms with Gasteiger partial charge in [-0.05, 0) is 37.5 Å². The molecule has 1 aliphatic rings. The summed E-state index contributed by atoms with van der Waals surface area (Å²) in [6.45, 7) is 1.63. The molecule has 0 spiro atoms. The van der Waals surface area contributed by atoms with E-state index < -0.39 is 23.2 Å². The van der Waals surface area contributed by atoms with Gasteiger partial charge in [-0.3, -0.25) is 0 Å². The Hall–Kier alpha value is -1.72. The Balaban J connectivity index is 2.36. The van der Waals surface area contributed by atoms with Gasteiger partial charge in [-0.2, -0.15) is 13.2 Å². The fraction of sp³-hybridized carbons (Fsp3) is 0.462. The summed E-state index contributed by atoms with van der Waals surface area (Å²) in [5.74, 6) is -0.476. The highest BCUT2D eigenvalue weighted by molar-refractivity contribution is 5.85. The number of alkyl halides is 3. The number of halogens is 3. The van der Waals surface area contributed by atoms with E-state index in [2.05, 4.69) is 10.1 Å². The largest absolute Gasteiger partial charge is 0.467 e. The van der Waals surface area contributed by atoms with Crippen LogP contribution >= 0.6 is 0 Å². The van der Waals surface area contributed by atoms with Crippen molar-refractivity contribution in [3.63, 3.8) is 0 Å². The molecule has 19 heavy (non-hydrogen) atoms. The standard InChI is InChI=1S/C13H14F3NO2/c1-12(11(18)19-2)6-5-8-3-4-9(13(14,15)16)7-10(8)17-12/h3-4,7,17H,5-6H2,1-2H3. The first kappa shape index (κ1) is 13.7. The average Bonchev–Trinajstić information content (AvgIpc) is 2.35. The van der Waals surface area contributed by atoms with Crippen LogP contribution in [0, 0.1) is 0 Å². The molecule has 1 heterocycles. The zero-order chi connectivity index (χ0) is 14.3. The Morgan fingerprint density at radius 1 is 1.42 bits per heavy atom. The number of benzene rings is 1. The van der Waals surface area contributed by atoms with Gasteiger partial charge in [-0.1, -0.05) is 6.07 Å². The number of carbonyl (C=O) groups is 1. The van der Waals surface area contributed by atoms with Gasteiger partial charge >= 0.3 is 12.1 Å². The predicted molar refractivity (Wildman–Crippen MR) is 63.8 cm³/mol. The van der Waals surface area contributed by atoms with E-state index in [1.54, 1.807) is 6.92 Å². The van der Waals surface area contributed by atoms with E-state index in [4.69, 9.17) is 0 Å². The normalized spacial score (nSPS) is 22.4. The lowest BCUT2D eigenvalue weighted by atomic mass is 9.87. The third kappa shape index (κ3) is 2.52. The Morgan fingerprint density at radius 3 is 2.68 bits per heavy atom. The summed E-state index contributed by atoms with van der Waals surface area (Å²) in [4.78, 5) is 11.7. The molecule has 1 aliphatic heterocycles. The molecule has 3 nitrogen and oxygen atoms in total. The van der Waals surface area contributed by atoms with Gasteiger partial charge < -0.3 is 10.1 Å². The van der Waals surface area contributed by atoms with E-state index >= 15 is 0 Å². The number of hydrogen-bond acceptors (Lipinski definition) is 3. The van der Waals surface area contributed by atoms with Crippen molar-refractivity contribution in [2.24, 2.45) is 0 Å². The van der Waals surface area contributed by atoms with Crippen LogP contribution in [0.4, 0.5) is 18.9 Å². The third-order valence-corrected chi connectivity index (χ3v) is 3.38. The number of aryl methyl sites for hydroxylation is 1. The maximum absolute atomic E-state index is 12.7. The molecule has 0 saturated heterocycles. The monoisotopic (exact) mass is 273 g/mol. The Kier molecular flexibility index (Phi) is 3.20. The fourth-order valence-electron chi connectivity index (χ4n) is 2.21. The zero-order valence-corrected chi connectivity index (χ0v) is 10.6. The summed E-state index contributed by atoms with van der Waals surface area (Å²) in [5, 5.41) is 2.86. The number of hydrogen-bond donors (Lipinski definition) is 1. The first-order valence-corrected chi connectivity index (χ1v) is 5.83. The van der Waals surface area contributed by atoms with Crippen molar-refractivity contribution in [1.82, 2.24) is 0 Å². The summed E-state index contributed by atoms with van der Waals surface area (Å²) >= 11 is 0. The highest BCUT2D eigenvalue weighted by Crippen LogP contribution is 2.36. The lowest BCUT2D eigenvalue weighted by Gasteiger charge is -2.34. The van der Waals surface area contributed by atoms with Crippen LogP contribution in [0.1, 0.15) is 24.5 Å². The van der Waals surface area contributed by atoms with Crippen LogP contribution in [0.15, 0.2) is 18.2 Å². The number of anilines is 1. The topological polar surface area (TPSA) is 38.3 Å². The van der Waals surface area contributed by atoms with E-state index in [1.807, 2.05) is 0 Å². The second kappa shape index (κ2) is 4.43. The molecule has 0 aromatic heterocycles. The number of rotatable bonds is 1. The fourth-order valence-corrected chi connectivity index (χ4v) is 2.21. The molecule has 1 unspecified atom stereocenters. The molecular weight excluding hydrogens is 259 g/mol. The summed E-state index contributed by atoms with van der Waals surface area (Å²) in [6, 6.07) is 3.54. The number of ether oxygens (including phenoxy) is 1. The lowest BCUT2D eigenvalue weighted by Crippen LogP contribution is -2.47. The predicted octanol–water partition coefficient (Wildman–Crippen LogP) is 3.00. The molecule has 1 aromatic rings. The second-order valence-electron chi connectivity index (χ2n) is 4.82. The van der Waals surface area contributed by atoms with Crippen molar-refractivity contribution in [3.05, 3.63) is 29.3 Å². The van der Waals surface area contributed by atoms with Crippen molar-refractivity contribution in [1.29, 1.82) is 0 Å². The SMILES string of the molecule is COC(=O)C1(C)CCc2ccc(C(F)(F)F)cc2N1. The van der Waals surface area contributed by atoms with Crippen molar-refractivity contribution in [2.45, 2.75) is 31.5 Å². The highest BCUT2D eigenvalue weighted by Gasteiger charge is 2.39. The van der Waals surface area contributed by atoms with E-state index in [-0.39, 0.29) is 0 Å². The molecule has 1 N–H and O–H groups in total. The maximum atomic E-state index is 12.7. The van der Waals surface area contributed by atoms with Crippen LogP contribution in [-0.2, 0) is 22.1 Å². The van der Waals surface area contributed by atoms with Crippen LogP contribution in [0.5, 0.6) is 0 Å². The molecule has 6 heteroatoms. The van der Waals surface area contributed by atoms with Gasteiger partial charge in [0, 0.05) is 5.69 Å². The molecule has 0 aliphatic carbocycles. The molecule has 0 fully saturated rings. The molecule has 1 atom stereocenters. The van der Waals surface area contributed by atoms with Gasteiger partial charge in [0.1, 0.15) is 5.54 Å². The van der Waals surface area contributed by atoms with Gasteiger partial charge in [0.25, 0.3) is 0 Å². The number of nitrogens with one attached hydrogen (secondary N) is 1. The third-order valence-electron chi connectivity index (χ3n) is 3.38. The Bertz CT molecular complexity index is 513. The molecule has 0 bridgehead atoms. The zero-order valence-electron chi connectivity index (χ0n) is 10.6. The first-order chi connectivity index (χ1) is 8.76. The molecular formula is C13H14F3NO2. The Morgan fingerprint density at radius 2 is 2.11 bits per heavy atom. The van der Waals surface area contributed by atoms with Crippen LogP contribution in [-0.4, -0.2) is 18.6 Å². The smallest absolute Gasteiger partial charge is 0.416 e. The number of methoxy groups -OCH3 is 1. The van der Waals surface area contributed by atoms with Gasteiger partial charge in [0.05, 0.1) is 12.7 Å². The van der Waals surface area contributed by atoms with E-state index in [1.165, 1.54) is 13.2 Å². The van der Waals surface area contributed by atoms with E-state index in [9.17, 15) is 18.0 Å². The van der Waals surface area contributed by atoms with Crippen molar-refractivity contribution in [3.8, 4) is 0 Å². The van der Waals surface area contributed by atoms with Crippen LogP contribution in [0.25, 0.3) is 0 Å². The first-order valence-electron chi connectivity index (χ1n) is 5.83. The average molecular weight is 273 g/mol. The number of esters is 1. The molecule has 0 amide bonds. The minimum absolute atomic E-state index is 0.342. The van der Waals surface area contributed by atoms with Gasteiger partial charge in [0.2, 0.25) is 0 Å². The van der Waals surface area contributed by atoms with E-state index in [0.29, 0.717) is 18.5 Å². The summed E-state index contributed by atoms with van der Waals surface area (Å²) < 4.78 is 42.6. The van der Waals surface area contributed by atoms with Crippen molar-refractivity contribution >= 4 is 11.7 Å². The van der Waals surface area contributed by atoms with Gasteiger partial charge in [-0.15, -0.1) is 0 Å². The molecule has 104 valence electrons. The summed E-state index contributed by atoms with van der Waals surface area (Å²) in [5.41, 5.74) is -0.595. The lowest BCUT2D eigenvalue weighted by molar-refractivity contribution is -0.145. The number of fused-ring (bicyclic) bond motifs is 1. The maximum Gasteiger partial charge on any atom is 0.416 e. The Labute approximate surface area is 108 Å². The van der Waals surface area contributed by atoms with Crippen LogP contribution in [0.3, 0.4) is 0 Å².